The minimum Gasteiger partial charge on any atom is -0.497 e. The molecular formula is C31H39N3O6S. The predicted molar refractivity (Wildman–Crippen MR) is 159 cm³/mol. The lowest BCUT2D eigenvalue weighted by atomic mass is 10.1. The molecule has 0 fully saturated rings. The average molecular weight is 582 g/mol. The van der Waals surface area contributed by atoms with E-state index in [1.54, 1.807) is 67.8 Å². The Hall–Kier alpha value is -4.05. The summed E-state index contributed by atoms with van der Waals surface area (Å²) in [6, 6.07) is 20.8. The van der Waals surface area contributed by atoms with Gasteiger partial charge in [-0.05, 0) is 73.9 Å². The lowest BCUT2D eigenvalue weighted by Crippen LogP contribution is -2.53. The summed E-state index contributed by atoms with van der Waals surface area (Å²) in [4.78, 5) is 28.9. The smallest absolute Gasteiger partial charge is 0.264 e. The summed E-state index contributed by atoms with van der Waals surface area (Å²) in [6.07, 6.45) is 1.07. The highest BCUT2D eigenvalue weighted by atomic mass is 32.2. The summed E-state index contributed by atoms with van der Waals surface area (Å²) in [5, 5.41) is 2.97. The first-order chi connectivity index (χ1) is 19.6. The zero-order chi connectivity index (χ0) is 30.0. The van der Waals surface area contributed by atoms with Gasteiger partial charge in [-0.15, -0.1) is 0 Å². The molecule has 1 N–H and O–H groups in total. The Kier molecular flexibility index (Phi) is 11.2. The topological polar surface area (TPSA) is 105 Å². The molecule has 0 bridgehead atoms. The molecule has 0 saturated carbocycles. The first-order valence-electron chi connectivity index (χ1n) is 13.6. The van der Waals surface area contributed by atoms with E-state index in [9.17, 15) is 18.0 Å². The third kappa shape index (κ3) is 8.00. The van der Waals surface area contributed by atoms with Crippen molar-refractivity contribution < 1.29 is 27.5 Å². The Morgan fingerprint density at radius 3 is 2.10 bits per heavy atom. The summed E-state index contributed by atoms with van der Waals surface area (Å²) in [5.41, 5.74) is 1.08. The number of nitrogens with one attached hydrogen (secondary N) is 1. The predicted octanol–water partition coefficient (Wildman–Crippen LogP) is 4.62. The van der Waals surface area contributed by atoms with E-state index in [1.807, 2.05) is 26.8 Å². The third-order valence-corrected chi connectivity index (χ3v) is 8.63. The van der Waals surface area contributed by atoms with Gasteiger partial charge >= 0.3 is 0 Å². The molecule has 9 nitrogen and oxygen atoms in total. The van der Waals surface area contributed by atoms with Crippen LogP contribution >= 0.6 is 0 Å². The first-order valence-corrected chi connectivity index (χ1v) is 15.0. The van der Waals surface area contributed by atoms with Gasteiger partial charge in [-0.3, -0.25) is 13.9 Å². The van der Waals surface area contributed by atoms with Crippen molar-refractivity contribution in [2.24, 2.45) is 0 Å². The molecule has 2 amide bonds. The molecule has 220 valence electrons. The van der Waals surface area contributed by atoms with Crippen LogP contribution in [0.4, 0.5) is 5.69 Å². The Morgan fingerprint density at radius 1 is 0.854 bits per heavy atom. The van der Waals surface area contributed by atoms with Crippen molar-refractivity contribution in [3.63, 3.8) is 0 Å². The molecule has 2 atom stereocenters. The number of sulfonamides is 1. The van der Waals surface area contributed by atoms with Gasteiger partial charge in [0.15, 0.2) is 0 Å². The van der Waals surface area contributed by atoms with Crippen LogP contribution in [0, 0.1) is 0 Å². The van der Waals surface area contributed by atoms with Gasteiger partial charge in [-0.1, -0.05) is 44.2 Å². The van der Waals surface area contributed by atoms with E-state index in [1.165, 1.54) is 24.1 Å². The number of methoxy groups -OCH3 is 2. The maximum atomic E-state index is 14.1. The molecule has 0 aromatic heterocycles. The SMILES string of the molecule is CCC(C)NC(=O)C(CC)N(Cc1cccc(OC)c1)C(=O)CN(c1ccccc1)S(=O)(=O)c1ccc(OC)cc1. The van der Waals surface area contributed by atoms with Crippen LogP contribution in [0.15, 0.2) is 83.8 Å². The molecule has 0 heterocycles. The van der Waals surface area contributed by atoms with Crippen molar-refractivity contribution in [3.8, 4) is 11.5 Å². The molecule has 10 heteroatoms. The van der Waals surface area contributed by atoms with Crippen molar-refractivity contribution in [1.29, 1.82) is 0 Å². The van der Waals surface area contributed by atoms with Crippen LogP contribution in [0.25, 0.3) is 0 Å². The number of carbonyl (C=O) groups is 2. The molecule has 3 aromatic carbocycles. The molecule has 0 saturated heterocycles. The Morgan fingerprint density at radius 2 is 1.51 bits per heavy atom. The Bertz CT molecular complexity index is 1400. The van der Waals surface area contributed by atoms with E-state index < -0.39 is 28.5 Å². The Balaban J connectivity index is 2.04. The number of benzene rings is 3. The minimum absolute atomic E-state index is 0.0100. The van der Waals surface area contributed by atoms with Crippen molar-refractivity contribution >= 4 is 27.5 Å². The molecule has 0 radical (unpaired) electrons. The van der Waals surface area contributed by atoms with Gasteiger partial charge in [-0.2, -0.15) is 0 Å². The number of amides is 2. The lowest BCUT2D eigenvalue weighted by molar-refractivity contribution is -0.140. The highest BCUT2D eigenvalue weighted by Gasteiger charge is 2.34. The van der Waals surface area contributed by atoms with Crippen LogP contribution in [-0.2, 0) is 26.2 Å². The van der Waals surface area contributed by atoms with E-state index in [0.717, 1.165) is 16.3 Å². The number of hydrogen-bond acceptors (Lipinski definition) is 6. The van der Waals surface area contributed by atoms with E-state index in [2.05, 4.69) is 5.32 Å². The fourth-order valence-electron chi connectivity index (χ4n) is 4.33. The summed E-state index contributed by atoms with van der Waals surface area (Å²) in [7, 11) is -1.11. The van der Waals surface area contributed by atoms with Gasteiger partial charge in [0.1, 0.15) is 24.1 Å². The molecule has 2 unspecified atom stereocenters. The number of anilines is 1. The van der Waals surface area contributed by atoms with E-state index in [-0.39, 0.29) is 23.4 Å². The van der Waals surface area contributed by atoms with Gasteiger partial charge in [0, 0.05) is 12.6 Å². The second-order valence-corrected chi connectivity index (χ2v) is 11.5. The van der Waals surface area contributed by atoms with Crippen molar-refractivity contribution in [2.75, 3.05) is 25.1 Å². The summed E-state index contributed by atoms with van der Waals surface area (Å²) >= 11 is 0. The molecule has 41 heavy (non-hydrogen) atoms. The average Bonchev–Trinajstić information content (AvgIpc) is 2.99. The zero-order valence-corrected chi connectivity index (χ0v) is 25.1. The van der Waals surface area contributed by atoms with Gasteiger partial charge in [0.25, 0.3) is 10.0 Å². The number of rotatable bonds is 14. The summed E-state index contributed by atoms with van der Waals surface area (Å²) in [5.74, 6) is 0.316. The number of para-hydroxylation sites is 1. The molecule has 0 aliphatic carbocycles. The maximum Gasteiger partial charge on any atom is 0.264 e. The first kappa shape index (κ1) is 31.5. The van der Waals surface area contributed by atoms with Gasteiger partial charge < -0.3 is 19.7 Å². The quantitative estimate of drug-likeness (QED) is 0.298. The molecule has 3 rings (SSSR count). The van der Waals surface area contributed by atoms with E-state index >= 15 is 0 Å². The van der Waals surface area contributed by atoms with Gasteiger partial charge in [0.05, 0.1) is 24.8 Å². The molecule has 0 aliphatic rings. The minimum atomic E-state index is -4.16. The monoisotopic (exact) mass is 581 g/mol. The van der Waals surface area contributed by atoms with Crippen molar-refractivity contribution in [2.45, 2.75) is 57.1 Å². The normalized spacial score (nSPS) is 12.6. The van der Waals surface area contributed by atoms with Crippen molar-refractivity contribution in [3.05, 3.63) is 84.4 Å². The zero-order valence-electron chi connectivity index (χ0n) is 24.2. The fraction of sp³-hybridized carbons (Fsp3) is 0.355. The number of ether oxygens (including phenoxy) is 2. The molecule has 3 aromatic rings. The van der Waals surface area contributed by atoms with E-state index in [4.69, 9.17) is 9.47 Å². The largest absolute Gasteiger partial charge is 0.497 e. The third-order valence-electron chi connectivity index (χ3n) is 6.84. The molecule has 0 spiro atoms. The van der Waals surface area contributed by atoms with Gasteiger partial charge in [0.2, 0.25) is 11.8 Å². The molecule has 0 aliphatic heterocycles. The van der Waals surface area contributed by atoms with Crippen LogP contribution in [0.2, 0.25) is 0 Å². The standard InChI is InChI=1S/C31H39N3O6S/c1-6-23(3)32-31(36)29(7-2)33(21-24-12-11-15-27(20-24)40-5)30(35)22-34(25-13-9-8-10-14-25)41(37,38)28-18-16-26(39-4)17-19-28/h8-20,23,29H,6-7,21-22H2,1-5H3,(H,32,36). The van der Waals surface area contributed by atoms with E-state index in [0.29, 0.717) is 23.6 Å². The number of carbonyl (C=O) groups excluding carboxylic acids is 2. The van der Waals surface area contributed by atoms with Crippen LogP contribution in [0.3, 0.4) is 0 Å². The Labute approximate surface area is 243 Å². The highest BCUT2D eigenvalue weighted by molar-refractivity contribution is 7.92. The van der Waals surface area contributed by atoms with Crippen molar-refractivity contribution in [1.82, 2.24) is 10.2 Å². The maximum absolute atomic E-state index is 14.1. The van der Waals surface area contributed by atoms with Crippen LogP contribution in [0.5, 0.6) is 11.5 Å². The summed E-state index contributed by atoms with van der Waals surface area (Å²) < 4.78 is 39.4. The number of hydrogen-bond donors (Lipinski definition) is 1. The lowest BCUT2D eigenvalue weighted by Gasteiger charge is -2.33. The van der Waals surface area contributed by atoms with Crippen LogP contribution in [-0.4, -0.2) is 58.0 Å². The molecular weight excluding hydrogens is 542 g/mol. The van der Waals surface area contributed by atoms with Gasteiger partial charge in [-0.25, -0.2) is 8.42 Å². The fourth-order valence-corrected chi connectivity index (χ4v) is 5.74. The number of nitrogens with zero attached hydrogens (tertiary/aromatic N) is 2. The van der Waals surface area contributed by atoms with Crippen LogP contribution in [0.1, 0.15) is 39.2 Å². The highest BCUT2D eigenvalue weighted by Crippen LogP contribution is 2.26. The summed E-state index contributed by atoms with van der Waals surface area (Å²) in [6.45, 7) is 5.28. The second kappa shape index (κ2) is 14.5. The second-order valence-electron chi connectivity index (χ2n) is 9.64. The van der Waals surface area contributed by atoms with Crippen LogP contribution < -0.4 is 19.1 Å².